The van der Waals surface area contributed by atoms with Crippen molar-refractivity contribution < 1.29 is 51.1 Å². The van der Waals surface area contributed by atoms with E-state index in [1.165, 1.54) is 11.1 Å². The molecule has 0 aliphatic carbocycles. The Balaban J connectivity index is 0.000000148. The van der Waals surface area contributed by atoms with Gasteiger partial charge in [-0.15, -0.1) is 0 Å². The fourth-order valence-electron chi connectivity index (χ4n) is 11.4. The minimum atomic E-state index is -4.52. The normalized spacial score (nSPS) is 27.8. The first-order valence-electron chi connectivity index (χ1n) is 26.5. The van der Waals surface area contributed by atoms with Gasteiger partial charge in [0.2, 0.25) is 23.4 Å². The largest absolute Gasteiger partial charge is 0.494 e. The zero-order chi connectivity index (χ0) is 57.3. The highest BCUT2D eigenvalue weighted by Gasteiger charge is 2.54. The molecule has 7 heterocycles. The van der Waals surface area contributed by atoms with Crippen molar-refractivity contribution in [2.24, 2.45) is 33.3 Å². The van der Waals surface area contributed by atoms with Crippen molar-refractivity contribution in [2.75, 3.05) is 27.3 Å². The van der Waals surface area contributed by atoms with Gasteiger partial charge in [0.25, 0.3) is 0 Å². The van der Waals surface area contributed by atoms with Crippen molar-refractivity contribution in [3.8, 4) is 34.8 Å². The van der Waals surface area contributed by atoms with Crippen LogP contribution >= 0.6 is 15.9 Å². The lowest BCUT2D eigenvalue weighted by Crippen LogP contribution is -2.46. The summed E-state index contributed by atoms with van der Waals surface area (Å²) in [6.07, 6.45) is 0.432. The third kappa shape index (κ3) is 12.1. The molecule has 2 spiro atoms. The van der Waals surface area contributed by atoms with E-state index in [1.807, 2.05) is 77.1 Å². The van der Waals surface area contributed by atoms with Gasteiger partial charge in [-0.3, -0.25) is 0 Å². The fraction of sp³-hybridized carbons (Fsp3) is 0.517. The van der Waals surface area contributed by atoms with Crippen molar-refractivity contribution in [1.29, 1.82) is 10.5 Å². The molecule has 420 valence electrons. The molecular weight excluding hydrogens is 1080 g/mol. The van der Waals surface area contributed by atoms with Crippen LogP contribution in [0.2, 0.25) is 0 Å². The topological polar surface area (TPSA) is 205 Å². The van der Waals surface area contributed by atoms with Crippen LogP contribution < -0.4 is 26.4 Å². The van der Waals surface area contributed by atoms with Gasteiger partial charge < -0.3 is 39.7 Å². The van der Waals surface area contributed by atoms with E-state index < -0.39 is 41.5 Å². The van der Waals surface area contributed by atoms with E-state index in [1.54, 1.807) is 25.2 Å². The van der Waals surface area contributed by atoms with Crippen LogP contribution in [-0.2, 0) is 46.1 Å². The van der Waals surface area contributed by atoms with Crippen LogP contribution in [-0.4, -0.2) is 91.1 Å². The summed E-state index contributed by atoms with van der Waals surface area (Å²) in [6.45, 7) is 19.2. The van der Waals surface area contributed by atoms with E-state index >= 15 is 0 Å². The first kappa shape index (κ1) is 57.8. The minimum Gasteiger partial charge on any atom is -0.489 e. The summed E-state index contributed by atoms with van der Waals surface area (Å²) in [5.41, 5.74) is 13.5. The Bertz CT molecular complexity index is 3130. The summed E-state index contributed by atoms with van der Waals surface area (Å²) in [5.74, 6) is 3.04. The first-order valence-corrected chi connectivity index (χ1v) is 27.3. The summed E-state index contributed by atoms with van der Waals surface area (Å²) in [5, 5.41) is 21.4. The zero-order valence-electron chi connectivity index (χ0n) is 46.6. The molecule has 3 fully saturated rings. The van der Waals surface area contributed by atoms with E-state index in [-0.39, 0.29) is 34.4 Å². The molecule has 4 N–H and O–H groups in total. The monoisotopic (exact) mass is 1150 g/mol. The standard InChI is InChI=1S/C26H30N4O3.C18H24BrN3O3.C14H15BF3NO2/c1-16-9-17(15-27)11-20(10-16)18-5-6-22-21(12-18)26(29-24(28)30(4)33-26)14-23(32-22)19-7-8-31-25(2,3)13-19;1-17(2)9-11(6-7-23-17)15-10-18(21-16(20)22(3)25-18)13-8-12(19)4-5-14(13)24-15;1-12(2)13(3,4)21-15(20-12)11-6-9(8-19)5-10(7-11)14(16,17)18/h5-6,9-12,19,23H,7-8,13-14H2,1-4H3,(H2,28,29);4-5,8,11,15H,6-7,9-10H2,1-3H3,(H2,20,21);5-7H,1-4H3. The zero-order valence-corrected chi connectivity index (χ0v) is 48.2. The molecule has 3 saturated heterocycles. The Morgan fingerprint density at radius 2 is 1.14 bits per heavy atom. The third-order valence-electron chi connectivity index (χ3n) is 16.1. The molecule has 4 aromatic rings. The number of hydroxylamine groups is 4. The highest BCUT2D eigenvalue weighted by molar-refractivity contribution is 9.10. The molecule has 11 rings (SSSR count). The number of fused-ring (bicyclic) bond motifs is 4. The van der Waals surface area contributed by atoms with Crippen molar-refractivity contribution in [1.82, 2.24) is 10.1 Å². The SMILES string of the molecule is CC1(C)OB(c2cc(C#N)cc(C(F)(F)F)c2)OC1(C)C.CN1OC2(CC(C3CCOC(C)(C)C3)Oc3ccc(Br)cc32)N=C1N.Cc1cc(C#N)cc(-c2ccc3c(c2)C2(CC(C4CCOC(C)(C)C4)O3)N=C(N)N(C)O2)c1. The number of ether oxygens (including phenoxy) is 4. The van der Waals surface area contributed by atoms with Gasteiger partial charge in [0.05, 0.1) is 62.4 Å². The van der Waals surface area contributed by atoms with Crippen LogP contribution in [0, 0.1) is 41.4 Å². The smallest absolute Gasteiger partial charge is 0.489 e. The number of nitrogens with zero attached hydrogens (tertiary/aromatic N) is 6. The highest BCUT2D eigenvalue weighted by Crippen LogP contribution is 2.52. The summed E-state index contributed by atoms with van der Waals surface area (Å²) in [7, 11) is 2.64. The van der Waals surface area contributed by atoms with Gasteiger partial charge >= 0.3 is 13.3 Å². The van der Waals surface area contributed by atoms with Gasteiger partial charge in [-0.25, -0.2) is 29.8 Å². The predicted octanol–water partition coefficient (Wildman–Crippen LogP) is 10.3. The van der Waals surface area contributed by atoms with Crippen molar-refractivity contribution in [3.05, 3.63) is 111 Å². The number of hydrogen-bond donors (Lipinski definition) is 2. The lowest BCUT2D eigenvalue weighted by molar-refractivity contribution is -0.199. The van der Waals surface area contributed by atoms with Crippen LogP contribution in [0.15, 0.2) is 87.3 Å². The fourth-order valence-corrected chi connectivity index (χ4v) is 11.8. The Morgan fingerprint density at radius 3 is 1.61 bits per heavy atom. The maximum atomic E-state index is 12.9. The Hall–Kier alpha value is -5.91. The molecular formula is C58H69BBrF3N8O8. The average molecular weight is 1150 g/mol. The van der Waals surface area contributed by atoms with E-state index in [0.29, 0.717) is 42.2 Å². The molecule has 7 aliphatic rings. The van der Waals surface area contributed by atoms with Crippen molar-refractivity contribution in [3.63, 3.8) is 0 Å². The summed E-state index contributed by atoms with van der Waals surface area (Å²) >= 11 is 3.54. The molecule has 6 unspecified atom stereocenters. The number of aliphatic imine (C=N–C) groups is 2. The number of benzene rings is 4. The highest BCUT2D eigenvalue weighted by atomic mass is 79.9. The summed E-state index contributed by atoms with van der Waals surface area (Å²) < 4.78 is 75.8. The lowest BCUT2D eigenvalue weighted by atomic mass is 9.77. The van der Waals surface area contributed by atoms with Crippen LogP contribution in [0.1, 0.15) is 127 Å². The third-order valence-corrected chi connectivity index (χ3v) is 16.6. The molecule has 0 aromatic heterocycles. The van der Waals surface area contributed by atoms with Gasteiger partial charge in [-0.2, -0.15) is 23.7 Å². The molecule has 0 amide bonds. The number of nitrogens with two attached hydrogens (primary N) is 2. The Morgan fingerprint density at radius 1 is 0.646 bits per heavy atom. The number of guanidine groups is 2. The van der Waals surface area contributed by atoms with Gasteiger partial charge in [0.1, 0.15) is 23.7 Å². The summed E-state index contributed by atoms with van der Waals surface area (Å²) in [4.78, 5) is 21.9. The summed E-state index contributed by atoms with van der Waals surface area (Å²) in [6, 6.07) is 25.0. The van der Waals surface area contributed by atoms with Gasteiger partial charge in [-0.05, 0) is 165 Å². The lowest BCUT2D eigenvalue weighted by Gasteiger charge is -2.44. The molecule has 79 heavy (non-hydrogen) atoms. The molecule has 0 saturated carbocycles. The van der Waals surface area contributed by atoms with Crippen LogP contribution in [0.5, 0.6) is 11.5 Å². The van der Waals surface area contributed by atoms with Crippen molar-refractivity contribution >= 4 is 40.4 Å². The molecule has 0 bridgehead atoms. The second kappa shape index (κ2) is 21.2. The molecule has 4 aromatic carbocycles. The predicted molar refractivity (Wildman–Crippen MR) is 295 cm³/mol. The Kier molecular flexibility index (Phi) is 15.5. The molecule has 7 aliphatic heterocycles. The first-order chi connectivity index (χ1) is 36.9. The van der Waals surface area contributed by atoms with Gasteiger partial charge in [-0.1, -0.05) is 34.1 Å². The maximum Gasteiger partial charge on any atom is 0.494 e. The van der Waals surface area contributed by atoms with E-state index in [0.717, 1.165) is 94.8 Å². The van der Waals surface area contributed by atoms with E-state index in [4.69, 9.17) is 64.6 Å². The van der Waals surface area contributed by atoms with Crippen LogP contribution in [0.4, 0.5) is 13.2 Å². The second-order valence-corrected chi connectivity index (χ2v) is 24.6. The number of halogens is 4. The molecule has 21 heteroatoms. The average Bonchev–Trinajstić information content (AvgIpc) is 3.94. The number of nitriles is 2. The number of alkyl halides is 3. The van der Waals surface area contributed by atoms with Gasteiger partial charge in [0, 0.05) is 56.5 Å². The molecule has 6 atom stereocenters. The van der Waals surface area contributed by atoms with Crippen LogP contribution in [0.3, 0.4) is 0 Å². The van der Waals surface area contributed by atoms with E-state index in [9.17, 15) is 18.4 Å². The molecule has 16 nitrogen and oxygen atoms in total. The van der Waals surface area contributed by atoms with Crippen molar-refractivity contribution in [2.45, 2.75) is 153 Å². The number of rotatable bonds is 4. The molecule has 0 radical (unpaired) electrons. The van der Waals surface area contributed by atoms with E-state index in [2.05, 4.69) is 61.8 Å². The quantitative estimate of drug-likeness (QED) is 0.183. The number of hydrogen-bond acceptors (Lipinski definition) is 16. The maximum absolute atomic E-state index is 12.9. The minimum absolute atomic E-state index is 0.0138. The second-order valence-electron chi connectivity index (χ2n) is 23.7. The van der Waals surface area contributed by atoms with Gasteiger partial charge in [0.15, 0.2) is 0 Å². The Labute approximate surface area is 469 Å². The van der Waals surface area contributed by atoms with Crippen LogP contribution in [0.25, 0.3) is 11.1 Å². The number of aryl methyl sites for hydroxylation is 1.